The molecule has 2 aromatic carbocycles. The second kappa shape index (κ2) is 9.95. The lowest BCUT2D eigenvalue weighted by Crippen LogP contribution is -2.36. The second-order valence-corrected chi connectivity index (χ2v) is 9.10. The Hall–Kier alpha value is -3.59. The van der Waals surface area contributed by atoms with Crippen LogP contribution in [0.1, 0.15) is 37.1 Å². The van der Waals surface area contributed by atoms with Crippen molar-refractivity contribution in [3.8, 4) is 22.9 Å². The number of hydrogen-bond acceptors (Lipinski definition) is 6. The topological polar surface area (TPSA) is 107 Å². The molecule has 0 atom stereocenters. The first kappa shape index (κ1) is 23.2. The molecule has 0 bridgehead atoms. The van der Waals surface area contributed by atoms with Crippen molar-refractivity contribution in [1.29, 1.82) is 0 Å². The van der Waals surface area contributed by atoms with Gasteiger partial charge in [-0.25, -0.2) is 4.98 Å². The predicted molar refractivity (Wildman–Crippen MR) is 133 cm³/mol. The van der Waals surface area contributed by atoms with Crippen molar-refractivity contribution < 1.29 is 14.3 Å². The molecule has 0 aliphatic heterocycles. The Bertz CT molecular complexity index is 1360. The van der Waals surface area contributed by atoms with Crippen LogP contribution < -0.4 is 14.8 Å². The van der Waals surface area contributed by atoms with Gasteiger partial charge in [0.1, 0.15) is 5.82 Å². The molecule has 0 spiro atoms. The third kappa shape index (κ3) is 4.95. The summed E-state index contributed by atoms with van der Waals surface area (Å²) in [6, 6.07) is 9.63. The van der Waals surface area contributed by atoms with E-state index in [4.69, 9.17) is 26.1 Å². The molecule has 2 N–H and O–H groups in total. The lowest BCUT2D eigenvalue weighted by atomic mass is 10.1. The van der Waals surface area contributed by atoms with Gasteiger partial charge in [0.15, 0.2) is 23.9 Å². The summed E-state index contributed by atoms with van der Waals surface area (Å²) in [5, 5.41) is 16.1. The van der Waals surface area contributed by atoms with Crippen molar-refractivity contribution in [3.05, 3.63) is 52.9 Å². The number of hydrogen-bond donors (Lipinski definition) is 2. The number of carbonyl (C=O) groups is 1. The van der Waals surface area contributed by atoms with Gasteiger partial charge in [-0.15, -0.1) is 0 Å². The summed E-state index contributed by atoms with van der Waals surface area (Å²) in [5.74, 6) is 2.22. The van der Waals surface area contributed by atoms with Crippen LogP contribution in [-0.4, -0.2) is 50.6 Å². The zero-order valence-corrected chi connectivity index (χ0v) is 20.4. The molecule has 0 radical (unpaired) electrons. The summed E-state index contributed by atoms with van der Waals surface area (Å²) in [4.78, 5) is 16.9. The van der Waals surface area contributed by atoms with Crippen LogP contribution in [0.15, 0.2) is 36.5 Å². The molecule has 0 saturated heterocycles. The highest BCUT2D eigenvalue weighted by atomic mass is 35.5. The van der Waals surface area contributed by atoms with Gasteiger partial charge >= 0.3 is 0 Å². The number of aromatic amines is 1. The molecule has 182 valence electrons. The molecule has 0 unspecified atom stereocenters. The molecule has 1 aliphatic rings. The summed E-state index contributed by atoms with van der Waals surface area (Å²) < 4.78 is 13.0. The Kier molecular flexibility index (Phi) is 6.59. The Balaban J connectivity index is 1.30. The molecule has 1 fully saturated rings. The molecule has 1 aliphatic carbocycles. The number of benzene rings is 2. The van der Waals surface area contributed by atoms with E-state index in [0.717, 1.165) is 53.5 Å². The zero-order chi connectivity index (χ0) is 24.4. The number of fused-ring (bicyclic) bond motifs is 1. The standard InChI is InChI=1S/C25H27ClN6O3/c1-32-22(12-15-7-9-19-18(24(15)26)13-27-30-19)29-25(31-32)16-8-10-20(21(11-16)34-2)35-14-23(33)28-17-5-3-4-6-17/h7-11,13,17H,3-6,12,14H2,1-2H3,(H,27,30)(H,28,33). The third-order valence-corrected chi connectivity index (χ3v) is 6.79. The minimum absolute atomic E-state index is 0.0556. The van der Waals surface area contributed by atoms with Crippen molar-refractivity contribution in [3.63, 3.8) is 0 Å². The fourth-order valence-electron chi connectivity index (χ4n) is 4.44. The van der Waals surface area contributed by atoms with E-state index in [9.17, 15) is 4.79 Å². The van der Waals surface area contributed by atoms with Crippen LogP contribution in [0.2, 0.25) is 5.02 Å². The van der Waals surface area contributed by atoms with E-state index < -0.39 is 0 Å². The largest absolute Gasteiger partial charge is 0.493 e. The van der Waals surface area contributed by atoms with Crippen molar-refractivity contribution in [1.82, 2.24) is 30.3 Å². The lowest BCUT2D eigenvalue weighted by Gasteiger charge is -2.14. The van der Waals surface area contributed by atoms with Crippen molar-refractivity contribution in [2.45, 2.75) is 38.1 Å². The summed E-state index contributed by atoms with van der Waals surface area (Å²) in [6.45, 7) is -0.0556. The van der Waals surface area contributed by atoms with Gasteiger partial charge in [-0.3, -0.25) is 14.6 Å². The summed E-state index contributed by atoms with van der Waals surface area (Å²) >= 11 is 6.59. The Morgan fingerprint density at radius 3 is 2.86 bits per heavy atom. The first-order chi connectivity index (χ1) is 17.0. The molecule has 35 heavy (non-hydrogen) atoms. The van der Waals surface area contributed by atoms with Gasteiger partial charge < -0.3 is 14.8 Å². The molecule has 9 nitrogen and oxygen atoms in total. The molecule has 2 heterocycles. The number of methoxy groups -OCH3 is 1. The number of carbonyl (C=O) groups excluding carboxylic acids is 1. The molecule has 10 heteroatoms. The summed E-state index contributed by atoms with van der Waals surface area (Å²) in [6.07, 6.45) is 6.64. The SMILES string of the molecule is COc1cc(-c2nc(Cc3ccc4[nH]ncc4c3Cl)n(C)n2)ccc1OCC(=O)NC1CCCC1. The lowest BCUT2D eigenvalue weighted by molar-refractivity contribution is -0.123. The number of ether oxygens (including phenoxy) is 2. The first-order valence-electron chi connectivity index (χ1n) is 11.6. The average Bonchev–Trinajstić information content (AvgIpc) is 3.62. The molecular weight excluding hydrogens is 468 g/mol. The van der Waals surface area contributed by atoms with Gasteiger partial charge in [0.05, 0.1) is 23.8 Å². The molecule has 1 saturated carbocycles. The van der Waals surface area contributed by atoms with E-state index in [1.807, 2.05) is 31.3 Å². The molecule has 4 aromatic rings. The number of halogens is 1. The number of nitrogens with one attached hydrogen (secondary N) is 2. The van der Waals surface area contributed by atoms with E-state index in [1.54, 1.807) is 24.1 Å². The molecular formula is C25H27ClN6O3. The normalized spacial score (nSPS) is 13.9. The number of H-pyrrole nitrogens is 1. The van der Waals surface area contributed by atoms with E-state index in [2.05, 4.69) is 20.6 Å². The van der Waals surface area contributed by atoms with E-state index in [1.165, 1.54) is 0 Å². The number of amides is 1. The van der Waals surface area contributed by atoms with Crippen molar-refractivity contribution in [2.75, 3.05) is 13.7 Å². The smallest absolute Gasteiger partial charge is 0.258 e. The van der Waals surface area contributed by atoms with Gasteiger partial charge in [0.2, 0.25) is 0 Å². The second-order valence-electron chi connectivity index (χ2n) is 8.73. The maximum atomic E-state index is 12.2. The van der Waals surface area contributed by atoms with Crippen LogP contribution >= 0.6 is 11.6 Å². The third-order valence-electron chi connectivity index (χ3n) is 6.34. The highest BCUT2D eigenvalue weighted by Crippen LogP contribution is 2.32. The number of aromatic nitrogens is 5. The monoisotopic (exact) mass is 494 g/mol. The average molecular weight is 495 g/mol. The highest BCUT2D eigenvalue weighted by Gasteiger charge is 2.19. The van der Waals surface area contributed by atoms with Gasteiger partial charge in [0.25, 0.3) is 5.91 Å². The van der Waals surface area contributed by atoms with E-state index in [0.29, 0.717) is 28.8 Å². The fraction of sp³-hybridized carbons (Fsp3) is 0.360. The van der Waals surface area contributed by atoms with Crippen LogP contribution in [0.3, 0.4) is 0 Å². The van der Waals surface area contributed by atoms with Gasteiger partial charge in [-0.05, 0) is 42.7 Å². The maximum absolute atomic E-state index is 12.2. The van der Waals surface area contributed by atoms with E-state index in [-0.39, 0.29) is 18.6 Å². The minimum atomic E-state index is -0.119. The summed E-state index contributed by atoms with van der Waals surface area (Å²) in [5.41, 5.74) is 2.62. The maximum Gasteiger partial charge on any atom is 0.258 e. The molecule has 2 aromatic heterocycles. The Labute approximate surface area is 207 Å². The van der Waals surface area contributed by atoms with Crippen LogP contribution in [0.25, 0.3) is 22.3 Å². The minimum Gasteiger partial charge on any atom is -0.493 e. The van der Waals surface area contributed by atoms with Crippen molar-refractivity contribution in [2.24, 2.45) is 7.05 Å². The van der Waals surface area contributed by atoms with E-state index >= 15 is 0 Å². The summed E-state index contributed by atoms with van der Waals surface area (Å²) in [7, 11) is 3.42. The number of aryl methyl sites for hydroxylation is 1. The number of rotatable bonds is 8. The van der Waals surface area contributed by atoms with Crippen LogP contribution in [0.5, 0.6) is 11.5 Å². The van der Waals surface area contributed by atoms with Crippen LogP contribution in [0.4, 0.5) is 0 Å². The Morgan fingerprint density at radius 1 is 1.23 bits per heavy atom. The Morgan fingerprint density at radius 2 is 2.06 bits per heavy atom. The molecule has 5 rings (SSSR count). The number of nitrogens with zero attached hydrogens (tertiary/aromatic N) is 4. The first-order valence-corrected chi connectivity index (χ1v) is 12.0. The van der Waals surface area contributed by atoms with Crippen molar-refractivity contribution >= 4 is 28.4 Å². The quantitative estimate of drug-likeness (QED) is 0.382. The van der Waals surface area contributed by atoms with Gasteiger partial charge in [-0.1, -0.05) is 30.5 Å². The highest BCUT2D eigenvalue weighted by molar-refractivity contribution is 6.36. The van der Waals surface area contributed by atoms with Gasteiger partial charge in [-0.2, -0.15) is 10.2 Å². The zero-order valence-electron chi connectivity index (χ0n) is 19.7. The molecule has 1 amide bonds. The fourth-order valence-corrected chi connectivity index (χ4v) is 4.72. The van der Waals surface area contributed by atoms with Gasteiger partial charge in [0, 0.05) is 30.5 Å². The predicted octanol–water partition coefficient (Wildman–Crippen LogP) is 4.05. The van der Waals surface area contributed by atoms with Crippen LogP contribution in [0, 0.1) is 0 Å². The van der Waals surface area contributed by atoms with Crippen LogP contribution in [-0.2, 0) is 18.3 Å².